The zero-order chi connectivity index (χ0) is 28.9. The number of nitrogens with zero attached hydrogens (tertiary/aromatic N) is 2. The number of pyridine rings is 1. The normalized spacial score (nSPS) is 12.6. The van der Waals surface area contributed by atoms with Gasteiger partial charge in [0.2, 0.25) is 5.91 Å². The molecule has 0 fully saturated rings. The molecule has 4 rings (SSSR count). The maximum atomic E-state index is 12.2. The van der Waals surface area contributed by atoms with E-state index in [4.69, 9.17) is 14.5 Å². The molecule has 0 radical (unpaired) electrons. The Labute approximate surface area is 240 Å². The lowest BCUT2D eigenvalue weighted by atomic mass is 9.92. The summed E-state index contributed by atoms with van der Waals surface area (Å²) in [6.45, 7) is 1.38. The van der Waals surface area contributed by atoms with E-state index in [-0.39, 0.29) is 19.1 Å². The molecule has 1 amide bonds. The highest BCUT2D eigenvalue weighted by molar-refractivity contribution is 5.93. The van der Waals surface area contributed by atoms with Crippen molar-refractivity contribution in [1.29, 1.82) is 0 Å². The van der Waals surface area contributed by atoms with Gasteiger partial charge < -0.3 is 24.9 Å². The van der Waals surface area contributed by atoms with E-state index in [0.29, 0.717) is 18.0 Å². The number of nitrogens with one attached hydrogen (secondary N) is 2. The molecule has 1 heterocycles. The highest BCUT2D eigenvalue weighted by Crippen LogP contribution is 2.33. The van der Waals surface area contributed by atoms with Crippen LogP contribution in [-0.2, 0) is 22.5 Å². The standard InChI is InChI=1S/C31H38N4O6/c1-39-29-22-23(14-16-28(29)40-20-21-41-35(37)38)15-17-30(36)32-18-8-2-3-9-19-33-31-24-10-4-6-12-26(24)34-27-13-7-5-11-25(27)31/h4,6,10,12,14-17,22H,2-3,5,7-9,11,13,18-21H2,1H3,(H,32,36)(H,33,34)/b17-15+. The van der Waals surface area contributed by atoms with Gasteiger partial charge in [-0.1, -0.05) is 37.1 Å². The van der Waals surface area contributed by atoms with Crippen LogP contribution in [0.4, 0.5) is 5.69 Å². The first kappa shape index (κ1) is 29.6. The molecule has 10 nitrogen and oxygen atoms in total. The molecule has 0 spiro atoms. The number of fused-ring (bicyclic) bond motifs is 2. The van der Waals surface area contributed by atoms with Gasteiger partial charge in [0, 0.05) is 35.9 Å². The van der Waals surface area contributed by atoms with Crippen LogP contribution in [0, 0.1) is 10.1 Å². The number of rotatable bonds is 16. The maximum Gasteiger partial charge on any atom is 0.294 e. The Morgan fingerprint density at radius 1 is 1.02 bits per heavy atom. The minimum Gasteiger partial charge on any atom is -0.493 e. The van der Waals surface area contributed by atoms with Gasteiger partial charge in [0.1, 0.15) is 13.2 Å². The van der Waals surface area contributed by atoms with E-state index in [9.17, 15) is 14.9 Å². The molecule has 0 aliphatic heterocycles. The van der Waals surface area contributed by atoms with Crippen LogP contribution >= 0.6 is 0 Å². The summed E-state index contributed by atoms with van der Waals surface area (Å²) in [5.41, 5.74) is 5.76. The van der Waals surface area contributed by atoms with Crippen LogP contribution in [0.25, 0.3) is 17.0 Å². The molecule has 0 saturated carbocycles. The Morgan fingerprint density at radius 2 is 1.83 bits per heavy atom. The van der Waals surface area contributed by atoms with Crippen LogP contribution in [0.3, 0.4) is 0 Å². The quantitative estimate of drug-likeness (QED) is 0.101. The Bertz CT molecular complexity index is 1360. The smallest absolute Gasteiger partial charge is 0.294 e. The van der Waals surface area contributed by atoms with E-state index in [0.717, 1.165) is 56.1 Å². The van der Waals surface area contributed by atoms with Gasteiger partial charge in [-0.25, -0.2) is 0 Å². The van der Waals surface area contributed by atoms with E-state index in [1.54, 1.807) is 24.3 Å². The van der Waals surface area contributed by atoms with E-state index >= 15 is 0 Å². The lowest BCUT2D eigenvalue weighted by Crippen LogP contribution is -2.22. The highest BCUT2D eigenvalue weighted by atomic mass is 17.0. The molecule has 0 unspecified atom stereocenters. The van der Waals surface area contributed by atoms with Crippen molar-refractivity contribution in [3.05, 3.63) is 75.5 Å². The molecule has 0 bridgehead atoms. The number of benzene rings is 2. The van der Waals surface area contributed by atoms with E-state index in [1.807, 2.05) is 0 Å². The van der Waals surface area contributed by atoms with Crippen molar-refractivity contribution >= 4 is 28.6 Å². The molecule has 10 heteroatoms. The summed E-state index contributed by atoms with van der Waals surface area (Å²) in [6, 6.07) is 13.6. The number of aryl methyl sites for hydroxylation is 1. The predicted molar refractivity (Wildman–Crippen MR) is 159 cm³/mol. The SMILES string of the molecule is COc1cc(/C=C/C(=O)NCCCCCCNc2c3c(nc4ccccc24)CCCC3)ccc1OCCO[N+](=O)[O-]. The predicted octanol–water partition coefficient (Wildman–Crippen LogP) is 5.51. The molecule has 1 aromatic heterocycles. The van der Waals surface area contributed by atoms with Crippen molar-refractivity contribution in [2.24, 2.45) is 0 Å². The van der Waals surface area contributed by atoms with Crippen LogP contribution in [-0.4, -0.2) is 49.4 Å². The van der Waals surface area contributed by atoms with Crippen molar-refractivity contribution in [3.63, 3.8) is 0 Å². The summed E-state index contributed by atoms with van der Waals surface area (Å²) in [7, 11) is 1.50. The zero-order valence-corrected chi connectivity index (χ0v) is 23.5. The molecule has 2 aromatic carbocycles. The Hall–Kier alpha value is -4.34. The van der Waals surface area contributed by atoms with Crippen molar-refractivity contribution < 1.29 is 24.2 Å². The summed E-state index contributed by atoms with van der Waals surface area (Å²) < 4.78 is 10.8. The summed E-state index contributed by atoms with van der Waals surface area (Å²) in [5.74, 6) is 0.738. The van der Waals surface area contributed by atoms with Gasteiger partial charge in [0.05, 0.1) is 12.6 Å². The second-order valence-corrected chi connectivity index (χ2v) is 9.92. The minimum atomic E-state index is -0.866. The van der Waals surface area contributed by atoms with E-state index < -0.39 is 5.09 Å². The number of ether oxygens (including phenoxy) is 2. The lowest BCUT2D eigenvalue weighted by molar-refractivity contribution is -0.757. The summed E-state index contributed by atoms with van der Waals surface area (Å²) in [5, 5.41) is 17.2. The van der Waals surface area contributed by atoms with Gasteiger partial charge in [-0.2, -0.15) is 0 Å². The maximum absolute atomic E-state index is 12.2. The topological polar surface area (TPSA) is 125 Å². The molecular weight excluding hydrogens is 524 g/mol. The number of aromatic nitrogens is 1. The highest BCUT2D eigenvalue weighted by Gasteiger charge is 2.17. The number of para-hydroxylation sites is 1. The molecule has 41 heavy (non-hydrogen) atoms. The number of hydrogen-bond donors (Lipinski definition) is 2. The molecule has 1 aliphatic carbocycles. The number of anilines is 1. The number of carbonyl (C=O) groups excluding carboxylic acids is 1. The Morgan fingerprint density at radius 3 is 2.66 bits per heavy atom. The van der Waals surface area contributed by atoms with E-state index in [1.165, 1.54) is 48.4 Å². The number of methoxy groups -OCH3 is 1. The molecular formula is C31H38N4O6. The number of carbonyl (C=O) groups is 1. The van der Waals surface area contributed by atoms with Crippen LogP contribution in [0.15, 0.2) is 48.5 Å². The van der Waals surface area contributed by atoms with Crippen LogP contribution in [0.5, 0.6) is 11.5 Å². The van der Waals surface area contributed by atoms with Gasteiger partial charge in [-0.05, 0) is 73.9 Å². The van der Waals surface area contributed by atoms with Gasteiger partial charge in [0.25, 0.3) is 5.09 Å². The zero-order valence-electron chi connectivity index (χ0n) is 23.5. The molecule has 0 saturated heterocycles. The van der Waals surface area contributed by atoms with Crippen LogP contribution < -0.4 is 20.1 Å². The van der Waals surface area contributed by atoms with Crippen LogP contribution in [0.1, 0.15) is 55.3 Å². The van der Waals surface area contributed by atoms with Crippen molar-refractivity contribution in [1.82, 2.24) is 10.3 Å². The first-order chi connectivity index (χ1) is 20.0. The molecule has 0 atom stereocenters. The largest absolute Gasteiger partial charge is 0.493 e. The van der Waals surface area contributed by atoms with Crippen molar-refractivity contribution in [2.45, 2.75) is 51.4 Å². The summed E-state index contributed by atoms with van der Waals surface area (Å²) in [4.78, 5) is 31.6. The Balaban J connectivity index is 1.13. The van der Waals surface area contributed by atoms with Gasteiger partial charge >= 0.3 is 0 Å². The number of hydrogen-bond acceptors (Lipinski definition) is 8. The van der Waals surface area contributed by atoms with Crippen LogP contribution in [0.2, 0.25) is 0 Å². The second kappa shape index (κ2) is 15.4. The third kappa shape index (κ3) is 8.83. The monoisotopic (exact) mass is 562 g/mol. The van der Waals surface area contributed by atoms with Gasteiger partial charge in [0.15, 0.2) is 11.5 Å². The third-order valence-corrected chi connectivity index (χ3v) is 7.03. The first-order valence-corrected chi connectivity index (χ1v) is 14.2. The van der Waals surface area contributed by atoms with E-state index in [2.05, 4.69) is 39.7 Å². The third-order valence-electron chi connectivity index (χ3n) is 7.03. The molecule has 3 aromatic rings. The second-order valence-electron chi connectivity index (χ2n) is 9.92. The minimum absolute atomic E-state index is 0.00907. The Kier molecular flexibility index (Phi) is 11.2. The fourth-order valence-electron chi connectivity index (χ4n) is 5.00. The first-order valence-electron chi connectivity index (χ1n) is 14.2. The molecule has 218 valence electrons. The summed E-state index contributed by atoms with van der Waals surface area (Å²) >= 11 is 0. The number of unbranched alkanes of at least 4 members (excludes halogenated alkanes) is 3. The number of amides is 1. The average Bonchev–Trinajstić information content (AvgIpc) is 2.99. The van der Waals surface area contributed by atoms with Crippen molar-refractivity contribution in [2.75, 3.05) is 38.7 Å². The molecule has 2 N–H and O–H groups in total. The fraction of sp³-hybridized carbons (Fsp3) is 0.419. The van der Waals surface area contributed by atoms with Gasteiger partial charge in [-0.3, -0.25) is 9.78 Å². The van der Waals surface area contributed by atoms with Gasteiger partial charge in [-0.15, -0.1) is 10.1 Å². The fourth-order valence-corrected chi connectivity index (χ4v) is 5.00. The molecule has 1 aliphatic rings. The average molecular weight is 563 g/mol. The lowest BCUT2D eigenvalue weighted by Gasteiger charge is -2.21. The van der Waals surface area contributed by atoms with Crippen molar-refractivity contribution in [3.8, 4) is 11.5 Å². The summed E-state index contributed by atoms with van der Waals surface area (Å²) in [6.07, 6.45) is 11.9.